The van der Waals surface area contributed by atoms with Gasteiger partial charge in [0.25, 0.3) is 0 Å². The average Bonchev–Trinajstić information content (AvgIpc) is 2.53. The number of nitrogens with one attached hydrogen (secondary N) is 1. The molecular weight excluding hydrogens is 336 g/mol. The Balaban J connectivity index is 2.08. The number of hydrogen-bond donors (Lipinski definition) is 2. The maximum Gasteiger partial charge on any atom is 0.126 e. The minimum atomic E-state index is -0.736. The van der Waals surface area contributed by atoms with E-state index in [0.29, 0.717) is 29.4 Å². The zero-order valence-corrected chi connectivity index (χ0v) is 13.4. The topological polar surface area (TPSA) is 63.6 Å². The Morgan fingerprint density at radius 3 is 2.67 bits per heavy atom. The van der Waals surface area contributed by atoms with Gasteiger partial charge in [0.2, 0.25) is 0 Å². The van der Waals surface area contributed by atoms with E-state index in [2.05, 4.69) is 26.2 Å². The molecule has 1 unspecified atom stereocenters. The number of benzene rings is 1. The van der Waals surface area contributed by atoms with Gasteiger partial charge in [0, 0.05) is 22.8 Å². The molecule has 2 rings (SSSR count). The first-order valence-electron chi connectivity index (χ1n) is 6.39. The molecule has 0 aliphatic rings. The second kappa shape index (κ2) is 7.28. The third kappa shape index (κ3) is 4.09. The second-order valence-electron chi connectivity index (χ2n) is 4.37. The molecule has 1 aromatic heterocycles. The van der Waals surface area contributed by atoms with Gasteiger partial charge in [-0.3, -0.25) is 0 Å². The summed E-state index contributed by atoms with van der Waals surface area (Å²) in [6.45, 7) is 0.318. The standard InChI is InChI=1S/C15H17BrN2O3/c1-20-11-4-5-14(21-2)12(7-11)13(19)9-18-15-6-3-10(16)8-17-15/h3-8,13,19H,9H2,1-2H3,(H,17,18). The van der Waals surface area contributed by atoms with Gasteiger partial charge < -0.3 is 19.9 Å². The highest BCUT2D eigenvalue weighted by atomic mass is 79.9. The number of anilines is 1. The molecule has 2 N–H and O–H groups in total. The number of aliphatic hydroxyl groups excluding tert-OH is 1. The van der Waals surface area contributed by atoms with Gasteiger partial charge >= 0.3 is 0 Å². The summed E-state index contributed by atoms with van der Waals surface area (Å²) in [7, 11) is 3.16. The van der Waals surface area contributed by atoms with Crippen molar-refractivity contribution in [1.82, 2.24) is 4.98 Å². The summed E-state index contributed by atoms with van der Waals surface area (Å²) in [5.41, 5.74) is 0.668. The fraction of sp³-hybridized carbons (Fsp3) is 0.267. The van der Waals surface area contributed by atoms with Crippen LogP contribution >= 0.6 is 15.9 Å². The molecule has 0 amide bonds. The maximum atomic E-state index is 10.3. The van der Waals surface area contributed by atoms with Crippen LogP contribution in [0, 0.1) is 0 Å². The van der Waals surface area contributed by atoms with Crippen molar-refractivity contribution in [2.24, 2.45) is 0 Å². The van der Waals surface area contributed by atoms with Crippen LogP contribution in [0.5, 0.6) is 11.5 Å². The lowest BCUT2D eigenvalue weighted by Gasteiger charge is -2.16. The third-order valence-corrected chi connectivity index (χ3v) is 3.47. The van der Waals surface area contributed by atoms with E-state index in [9.17, 15) is 5.11 Å². The van der Waals surface area contributed by atoms with Crippen LogP contribution in [0.2, 0.25) is 0 Å². The van der Waals surface area contributed by atoms with Crippen LogP contribution in [0.3, 0.4) is 0 Å². The van der Waals surface area contributed by atoms with Crippen LogP contribution in [0.25, 0.3) is 0 Å². The van der Waals surface area contributed by atoms with Gasteiger partial charge in [0.1, 0.15) is 17.3 Å². The van der Waals surface area contributed by atoms with Crippen molar-refractivity contribution in [3.63, 3.8) is 0 Å². The minimum absolute atomic E-state index is 0.318. The van der Waals surface area contributed by atoms with E-state index >= 15 is 0 Å². The van der Waals surface area contributed by atoms with E-state index in [-0.39, 0.29) is 0 Å². The van der Waals surface area contributed by atoms with Crippen LogP contribution in [-0.2, 0) is 0 Å². The van der Waals surface area contributed by atoms with Gasteiger partial charge in [-0.1, -0.05) is 0 Å². The molecule has 6 heteroatoms. The summed E-state index contributed by atoms with van der Waals surface area (Å²) in [4.78, 5) is 4.20. The number of methoxy groups -OCH3 is 2. The fourth-order valence-corrected chi connectivity index (χ4v) is 2.13. The van der Waals surface area contributed by atoms with Crippen molar-refractivity contribution in [3.05, 3.63) is 46.6 Å². The van der Waals surface area contributed by atoms with Gasteiger partial charge in [-0.05, 0) is 46.3 Å². The predicted octanol–water partition coefficient (Wildman–Crippen LogP) is 3.01. The zero-order chi connectivity index (χ0) is 15.2. The second-order valence-corrected chi connectivity index (χ2v) is 5.28. The van der Waals surface area contributed by atoms with Gasteiger partial charge in [-0.2, -0.15) is 0 Å². The van der Waals surface area contributed by atoms with Crippen LogP contribution in [-0.4, -0.2) is 30.9 Å². The van der Waals surface area contributed by atoms with Crippen LogP contribution in [0.15, 0.2) is 41.0 Å². The normalized spacial score (nSPS) is 11.8. The molecule has 0 bridgehead atoms. The number of aliphatic hydroxyl groups is 1. The third-order valence-electron chi connectivity index (χ3n) is 3.00. The molecule has 1 atom stereocenters. The number of rotatable bonds is 6. The van der Waals surface area contributed by atoms with E-state index < -0.39 is 6.10 Å². The molecule has 0 saturated heterocycles. The van der Waals surface area contributed by atoms with Gasteiger partial charge in [-0.15, -0.1) is 0 Å². The Labute approximate surface area is 132 Å². The first-order valence-corrected chi connectivity index (χ1v) is 7.18. The quantitative estimate of drug-likeness (QED) is 0.836. The van der Waals surface area contributed by atoms with Crippen LogP contribution in [0.4, 0.5) is 5.82 Å². The number of aromatic nitrogens is 1. The lowest BCUT2D eigenvalue weighted by Crippen LogP contribution is -2.13. The molecule has 21 heavy (non-hydrogen) atoms. The molecule has 0 fully saturated rings. The summed E-state index contributed by atoms with van der Waals surface area (Å²) in [6, 6.07) is 9.04. The molecule has 0 saturated carbocycles. The summed E-state index contributed by atoms with van der Waals surface area (Å²) in [6.07, 6.45) is 0.960. The molecule has 112 valence electrons. The molecule has 2 aromatic rings. The average molecular weight is 353 g/mol. The molecule has 0 spiro atoms. The minimum Gasteiger partial charge on any atom is -0.497 e. The number of pyridine rings is 1. The van der Waals surface area contributed by atoms with E-state index in [1.165, 1.54) is 0 Å². The smallest absolute Gasteiger partial charge is 0.126 e. The number of ether oxygens (including phenoxy) is 2. The van der Waals surface area contributed by atoms with E-state index in [0.717, 1.165) is 4.47 Å². The first kappa shape index (κ1) is 15.6. The van der Waals surface area contributed by atoms with E-state index in [4.69, 9.17) is 9.47 Å². The highest BCUT2D eigenvalue weighted by Crippen LogP contribution is 2.29. The first-order chi connectivity index (χ1) is 10.1. The van der Waals surface area contributed by atoms with Gasteiger partial charge in [0.05, 0.1) is 20.3 Å². The highest BCUT2D eigenvalue weighted by molar-refractivity contribution is 9.10. The molecule has 0 aliphatic carbocycles. The Kier molecular flexibility index (Phi) is 5.41. The monoisotopic (exact) mass is 352 g/mol. The molecule has 0 aliphatic heterocycles. The van der Waals surface area contributed by atoms with Crippen molar-refractivity contribution in [2.75, 3.05) is 26.1 Å². The Hall–Kier alpha value is -1.79. The molecular formula is C15H17BrN2O3. The Bertz CT molecular complexity index is 590. The van der Waals surface area contributed by atoms with Gasteiger partial charge in [0.15, 0.2) is 0 Å². The molecule has 5 nitrogen and oxygen atoms in total. The highest BCUT2D eigenvalue weighted by Gasteiger charge is 2.14. The molecule has 0 radical (unpaired) electrons. The summed E-state index contributed by atoms with van der Waals surface area (Å²) in [5, 5.41) is 13.4. The number of halogens is 1. The largest absolute Gasteiger partial charge is 0.497 e. The number of nitrogens with zero attached hydrogens (tertiary/aromatic N) is 1. The number of hydrogen-bond acceptors (Lipinski definition) is 5. The Morgan fingerprint density at radius 2 is 2.05 bits per heavy atom. The van der Waals surface area contributed by atoms with Crippen molar-refractivity contribution < 1.29 is 14.6 Å². The predicted molar refractivity (Wildman–Crippen MR) is 84.9 cm³/mol. The maximum absolute atomic E-state index is 10.3. The van der Waals surface area contributed by atoms with E-state index in [1.54, 1.807) is 38.6 Å². The van der Waals surface area contributed by atoms with Crippen molar-refractivity contribution in [1.29, 1.82) is 0 Å². The van der Waals surface area contributed by atoms with Crippen molar-refractivity contribution in [2.45, 2.75) is 6.10 Å². The van der Waals surface area contributed by atoms with E-state index in [1.807, 2.05) is 12.1 Å². The van der Waals surface area contributed by atoms with Crippen LogP contribution < -0.4 is 14.8 Å². The summed E-state index contributed by atoms with van der Waals surface area (Å²) in [5.74, 6) is 1.99. The molecule has 1 aromatic carbocycles. The summed E-state index contributed by atoms with van der Waals surface area (Å²) >= 11 is 3.33. The van der Waals surface area contributed by atoms with Crippen molar-refractivity contribution >= 4 is 21.7 Å². The zero-order valence-electron chi connectivity index (χ0n) is 11.8. The summed E-state index contributed by atoms with van der Waals surface area (Å²) < 4.78 is 11.4. The molecule has 1 heterocycles. The van der Waals surface area contributed by atoms with Gasteiger partial charge in [-0.25, -0.2) is 4.98 Å². The fourth-order valence-electron chi connectivity index (χ4n) is 1.89. The lowest BCUT2D eigenvalue weighted by molar-refractivity contribution is 0.186. The van der Waals surface area contributed by atoms with Crippen molar-refractivity contribution in [3.8, 4) is 11.5 Å². The van der Waals surface area contributed by atoms with Crippen LogP contribution in [0.1, 0.15) is 11.7 Å². The SMILES string of the molecule is COc1ccc(OC)c(C(O)CNc2ccc(Br)cn2)c1. The lowest BCUT2D eigenvalue weighted by atomic mass is 10.1. The Morgan fingerprint density at radius 1 is 1.24 bits per heavy atom.